The second-order valence-corrected chi connectivity index (χ2v) is 5.44. The molecule has 2 fully saturated rings. The first-order valence-electron chi connectivity index (χ1n) is 6.09. The SMILES string of the molecule is O=C(CCCCCl)NCC1(C2CC2)CC1. The van der Waals surface area contributed by atoms with Gasteiger partial charge in [-0.05, 0) is 49.9 Å². The number of unbranched alkanes of at least 4 members (excludes halogenated alkanes) is 1. The highest BCUT2D eigenvalue weighted by atomic mass is 35.5. The minimum absolute atomic E-state index is 0.215. The molecule has 0 bridgehead atoms. The van der Waals surface area contributed by atoms with Gasteiger partial charge in [-0.1, -0.05) is 0 Å². The van der Waals surface area contributed by atoms with Crippen LogP contribution >= 0.6 is 11.6 Å². The molecule has 2 aliphatic carbocycles. The van der Waals surface area contributed by atoms with Crippen molar-refractivity contribution in [3.8, 4) is 0 Å². The molecule has 0 spiro atoms. The molecule has 0 aromatic carbocycles. The van der Waals surface area contributed by atoms with Gasteiger partial charge in [-0.25, -0.2) is 0 Å². The van der Waals surface area contributed by atoms with E-state index in [-0.39, 0.29) is 5.91 Å². The molecule has 0 radical (unpaired) electrons. The minimum atomic E-state index is 0.215. The maximum absolute atomic E-state index is 11.5. The van der Waals surface area contributed by atoms with Crippen molar-refractivity contribution >= 4 is 17.5 Å². The Morgan fingerprint density at radius 1 is 1.33 bits per heavy atom. The van der Waals surface area contributed by atoms with Crippen LogP contribution in [-0.4, -0.2) is 18.3 Å². The summed E-state index contributed by atoms with van der Waals surface area (Å²) in [6.45, 7) is 0.928. The van der Waals surface area contributed by atoms with Crippen LogP contribution in [0.1, 0.15) is 44.9 Å². The van der Waals surface area contributed by atoms with Gasteiger partial charge >= 0.3 is 0 Å². The van der Waals surface area contributed by atoms with Crippen LogP contribution < -0.4 is 5.32 Å². The molecule has 2 rings (SSSR count). The summed E-state index contributed by atoms with van der Waals surface area (Å²) < 4.78 is 0. The number of alkyl halides is 1. The number of amides is 1. The lowest BCUT2D eigenvalue weighted by Crippen LogP contribution is -2.30. The maximum atomic E-state index is 11.5. The number of rotatable bonds is 7. The van der Waals surface area contributed by atoms with Gasteiger partial charge in [0.05, 0.1) is 0 Å². The van der Waals surface area contributed by atoms with Crippen LogP contribution in [0.15, 0.2) is 0 Å². The Bertz CT molecular complexity index is 234. The Labute approximate surface area is 96.8 Å². The third-order valence-electron chi connectivity index (χ3n) is 3.76. The van der Waals surface area contributed by atoms with Crippen LogP contribution in [0.2, 0.25) is 0 Å². The van der Waals surface area contributed by atoms with E-state index in [2.05, 4.69) is 5.32 Å². The second-order valence-electron chi connectivity index (χ2n) is 5.06. The molecule has 1 amide bonds. The Kier molecular flexibility index (Phi) is 3.55. The van der Waals surface area contributed by atoms with Gasteiger partial charge in [0.15, 0.2) is 0 Å². The van der Waals surface area contributed by atoms with Gasteiger partial charge in [0.1, 0.15) is 0 Å². The molecule has 2 aliphatic rings. The fourth-order valence-electron chi connectivity index (χ4n) is 2.33. The van der Waals surface area contributed by atoms with Crippen molar-refractivity contribution in [2.45, 2.75) is 44.9 Å². The highest BCUT2D eigenvalue weighted by Crippen LogP contribution is 2.60. The van der Waals surface area contributed by atoms with Gasteiger partial charge < -0.3 is 5.32 Å². The molecule has 0 aromatic rings. The summed E-state index contributed by atoms with van der Waals surface area (Å²) >= 11 is 5.56. The van der Waals surface area contributed by atoms with Crippen molar-refractivity contribution in [3.05, 3.63) is 0 Å². The topological polar surface area (TPSA) is 29.1 Å². The molecule has 0 unspecified atom stereocenters. The lowest BCUT2D eigenvalue weighted by atomic mass is 10.0. The van der Waals surface area contributed by atoms with Crippen LogP contribution in [0.4, 0.5) is 0 Å². The first-order chi connectivity index (χ1) is 7.27. The molecule has 0 aliphatic heterocycles. The van der Waals surface area contributed by atoms with Crippen molar-refractivity contribution in [2.24, 2.45) is 11.3 Å². The third kappa shape index (κ3) is 3.10. The van der Waals surface area contributed by atoms with E-state index in [4.69, 9.17) is 11.6 Å². The number of nitrogens with one attached hydrogen (secondary N) is 1. The van der Waals surface area contributed by atoms with Gasteiger partial charge in [0, 0.05) is 18.8 Å². The summed E-state index contributed by atoms with van der Waals surface area (Å²) in [6, 6.07) is 0. The van der Waals surface area contributed by atoms with Gasteiger partial charge in [-0.15, -0.1) is 11.6 Å². The van der Waals surface area contributed by atoms with E-state index >= 15 is 0 Å². The van der Waals surface area contributed by atoms with Crippen LogP contribution in [0.25, 0.3) is 0 Å². The summed E-state index contributed by atoms with van der Waals surface area (Å²) in [7, 11) is 0. The van der Waals surface area contributed by atoms with Crippen molar-refractivity contribution < 1.29 is 4.79 Å². The maximum Gasteiger partial charge on any atom is 0.220 e. The Balaban J connectivity index is 1.58. The standard InChI is InChI=1S/C12H20ClNO/c13-8-2-1-3-11(15)14-9-12(6-7-12)10-4-5-10/h10H,1-9H2,(H,14,15). The largest absolute Gasteiger partial charge is 0.356 e. The highest BCUT2D eigenvalue weighted by molar-refractivity contribution is 6.17. The number of hydrogen-bond donors (Lipinski definition) is 1. The minimum Gasteiger partial charge on any atom is -0.356 e. The lowest BCUT2D eigenvalue weighted by molar-refractivity contribution is -0.121. The molecule has 15 heavy (non-hydrogen) atoms. The number of halogens is 1. The van der Waals surface area contributed by atoms with E-state index in [0.29, 0.717) is 17.7 Å². The summed E-state index contributed by atoms with van der Waals surface area (Å²) in [6.07, 6.45) is 7.96. The smallest absolute Gasteiger partial charge is 0.220 e. The van der Waals surface area contributed by atoms with E-state index in [1.165, 1.54) is 25.7 Å². The Hall–Kier alpha value is -0.240. The van der Waals surface area contributed by atoms with Crippen LogP contribution in [0.3, 0.4) is 0 Å². The van der Waals surface area contributed by atoms with E-state index in [1.54, 1.807) is 0 Å². The lowest BCUT2D eigenvalue weighted by Gasteiger charge is -2.14. The molecule has 0 atom stereocenters. The van der Waals surface area contributed by atoms with E-state index in [0.717, 1.165) is 25.3 Å². The molecule has 86 valence electrons. The Morgan fingerprint density at radius 3 is 2.60 bits per heavy atom. The van der Waals surface area contributed by atoms with Crippen molar-refractivity contribution in [1.82, 2.24) is 5.32 Å². The molecule has 3 heteroatoms. The van der Waals surface area contributed by atoms with Gasteiger partial charge in [0.25, 0.3) is 0 Å². The van der Waals surface area contributed by atoms with E-state index in [1.807, 2.05) is 0 Å². The number of carbonyl (C=O) groups is 1. The van der Waals surface area contributed by atoms with Crippen LogP contribution in [0.5, 0.6) is 0 Å². The fourth-order valence-corrected chi connectivity index (χ4v) is 2.52. The van der Waals surface area contributed by atoms with Crippen LogP contribution in [0, 0.1) is 11.3 Å². The van der Waals surface area contributed by atoms with Crippen molar-refractivity contribution in [1.29, 1.82) is 0 Å². The molecular weight excluding hydrogens is 210 g/mol. The average molecular weight is 230 g/mol. The second kappa shape index (κ2) is 4.73. The van der Waals surface area contributed by atoms with Gasteiger partial charge in [-0.2, -0.15) is 0 Å². The summed E-state index contributed by atoms with van der Waals surface area (Å²) in [4.78, 5) is 11.5. The summed E-state index contributed by atoms with van der Waals surface area (Å²) in [5.41, 5.74) is 0.530. The molecular formula is C12H20ClNO. The zero-order valence-electron chi connectivity index (χ0n) is 9.23. The average Bonchev–Trinajstić information content (AvgIpc) is 3.06. The first kappa shape index (κ1) is 11.3. The first-order valence-corrected chi connectivity index (χ1v) is 6.63. The predicted octanol–water partition coefficient (Wildman–Crippen LogP) is 2.70. The predicted molar refractivity (Wildman–Crippen MR) is 62.0 cm³/mol. The molecule has 2 nitrogen and oxygen atoms in total. The number of carbonyl (C=O) groups excluding carboxylic acids is 1. The van der Waals surface area contributed by atoms with Crippen molar-refractivity contribution in [3.63, 3.8) is 0 Å². The normalized spacial score (nSPS) is 22.5. The molecule has 0 saturated heterocycles. The third-order valence-corrected chi connectivity index (χ3v) is 4.03. The van der Waals surface area contributed by atoms with Crippen molar-refractivity contribution in [2.75, 3.05) is 12.4 Å². The van der Waals surface area contributed by atoms with E-state index in [9.17, 15) is 4.79 Å². The zero-order chi connectivity index (χ0) is 10.7. The summed E-state index contributed by atoms with van der Waals surface area (Å²) in [5.74, 6) is 1.81. The number of hydrogen-bond acceptors (Lipinski definition) is 1. The summed E-state index contributed by atoms with van der Waals surface area (Å²) in [5, 5.41) is 3.08. The van der Waals surface area contributed by atoms with Gasteiger partial charge in [-0.3, -0.25) is 4.79 Å². The fraction of sp³-hybridized carbons (Fsp3) is 0.917. The monoisotopic (exact) mass is 229 g/mol. The zero-order valence-corrected chi connectivity index (χ0v) is 9.98. The van der Waals surface area contributed by atoms with Crippen LogP contribution in [-0.2, 0) is 4.79 Å². The Morgan fingerprint density at radius 2 is 2.07 bits per heavy atom. The van der Waals surface area contributed by atoms with E-state index < -0.39 is 0 Å². The van der Waals surface area contributed by atoms with Gasteiger partial charge in [0.2, 0.25) is 5.91 Å². The molecule has 1 N–H and O–H groups in total. The molecule has 0 heterocycles. The molecule has 2 saturated carbocycles. The highest BCUT2D eigenvalue weighted by Gasteiger charge is 2.53. The molecule has 0 aromatic heterocycles. The quantitative estimate of drug-likeness (QED) is 0.528.